The van der Waals surface area contributed by atoms with Crippen molar-refractivity contribution in [2.75, 3.05) is 19.0 Å². The normalized spacial score (nSPS) is 9.76. The van der Waals surface area contributed by atoms with Gasteiger partial charge in [-0.25, -0.2) is 0 Å². The van der Waals surface area contributed by atoms with Crippen LogP contribution >= 0.6 is 0 Å². The smallest absolute Gasteiger partial charge is 0.305 e. The fraction of sp³-hybridized carbons (Fsp3) is 0.385. The monoisotopic (exact) mass is 235 g/mol. The molecule has 0 aliphatic carbocycles. The van der Waals surface area contributed by atoms with Crippen LogP contribution in [-0.2, 0) is 9.53 Å². The first kappa shape index (κ1) is 13.2. The predicted molar refractivity (Wildman–Crippen MR) is 66.2 cm³/mol. The van der Waals surface area contributed by atoms with Crippen LogP contribution in [0.15, 0.2) is 24.3 Å². The van der Waals surface area contributed by atoms with E-state index < -0.39 is 0 Å². The number of carbonyl (C=O) groups excluding carboxylic acids is 2. The molecule has 0 fully saturated rings. The van der Waals surface area contributed by atoms with E-state index in [2.05, 4.69) is 10.1 Å². The molecule has 1 aromatic carbocycles. The van der Waals surface area contributed by atoms with Crippen molar-refractivity contribution in [3.8, 4) is 0 Å². The average Bonchev–Trinajstić information content (AvgIpc) is 2.34. The molecule has 4 nitrogen and oxygen atoms in total. The van der Waals surface area contributed by atoms with Gasteiger partial charge in [-0.05, 0) is 37.6 Å². The Morgan fingerprint density at radius 1 is 1.24 bits per heavy atom. The van der Waals surface area contributed by atoms with Crippen LogP contribution in [0.25, 0.3) is 0 Å². The van der Waals surface area contributed by atoms with Crippen molar-refractivity contribution in [3.63, 3.8) is 0 Å². The molecular formula is C13H17NO3. The molecule has 0 atom stereocenters. The number of methoxy groups -OCH3 is 1. The molecule has 0 aromatic heterocycles. The first-order chi connectivity index (χ1) is 8.13. The molecule has 0 aliphatic rings. The highest BCUT2D eigenvalue weighted by atomic mass is 16.5. The number of esters is 1. The molecular weight excluding hydrogens is 218 g/mol. The predicted octanol–water partition coefficient (Wildman–Crippen LogP) is 2.25. The van der Waals surface area contributed by atoms with Crippen molar-refractivity contribution in [2.24, 2.45) is 0 Å². The number of ether oxygens (including phenoxy) is 1. The van der Waals surface area contributed by atoms with Crippen LogP contribution in [-0.4, -0.2) is 25.4 Å². The molecule has 0 bridgehead atoms. The molecule has 0 saturated carbocycles. The Morgan fingerprint density at radius 3 is 2.41 bits per heavy atom. The molecule has 0 radical (unpaired) electrons. The van der Waals surface area contributed by atoms with E-state index in [1.807, 2.05) is 12.1 Å². The van der Waals surface area contributed by atoms with Crippen LogP contribution in [0.4, 0.5) is 5.69 Å². The molecule has 0 amide bonds. The standard InChI is InChI=1S/C13H17NO3/c1-10(15)11-5-7-12(8-6-11)14-9-3-4-13(16)17-2/h5-8,14H,3-4,9H2,1-2H3. The topological polar surface area (TPSA) is 55.4 Å². The Morgan fingerprint density at radius 2 is 1.88 bits per heavy atom. The maximum atomic E-state index is 11.1. The lowest BCUT2D eigenvalue weighted by molar-refractivity contribution is -0.140. The summed E-state index contributed by atoms with van der Waals surface area (Å²) in [6, 6.07) is 7.28. The summed E-state index contributed by atoms with van der Waals surface area (Å²) in [6.07, 6.45) is 1.14. The van der Waals surface area contributed by atoms with Crippen molar-refractivity contribution in [3.05, 3.63) is 29.8 Å². The Hall–Kier alpha value is -1.84. The SMILES string of the molecule is COC(=O)CCCNc1ccc(C(C)=O)cc1. The Kier molecular flexibility index (Phi) is 5.20. The lowest BCUT2D eigenvalue weighted by Crippen LogP contribution is -2.06. The van der Waals surface area contributed by atoms with Crippen molar-refractivity contribution in [1.82, 2.24) is 0 Å². The van der Waals surface area contributed by atoms with Crippen LogP contribution in [0.2, 0.25) is 0 Å². The third-order valence-corrected chi connectivity index (χ3v) is 2.41. The quantitative estimate of drug-likeness (QED) is 0.467. The Labute approximate surface area is 101 Å². The van der Waals surface area contributed by atoms with E-state index >= 15 is 0 Å². The fourth-order valence-corrected chi connectivity index (χ4v) is 1.39. The van der Waals surface area contributed by atoms with E-state index in [0.717, 1.165) is 12.1 Å². The van der Waals surface area contributed by atoms with Crippen LogP contribution < -0.4 is 5.32 Å². The fourth-order valence-electron chi connectivity index (χ4n) is 1.39. The molecule has 4 heteroatoms. The van der Waals surface area contributed by atoms with Gasteiger partial charge < -0.3 is 10.1 Å². The van der Waals surface area contributed by atoms with Gasteiger partial charge >= 0.3 is 5.97 Å². The van der Waals surface area contributed by atoms with Gasteiger partial charge in [-0.15, -0.1) is 0 Å². The lowest BCUT2D eigenvalue weighted by Gasteiger charge is -2.06. The number of nitrogens with one attached hydrogen (secondary N) is 1. The van der Waals surface area contributed by atoms with Crippen LogP contribution in [0.1, 0.15) is 30.1 Å². The van der Waals surface area contributed by atoms with Gasteiger partial charge in [-0.1, -0.05) is 0 Å². The Balaban J connectivity index is 2.32. The van der Waals surface area contributed by atoms with Gasteiger partial charge in [0.25, 0.3) is 0 Å². The highest BCUT2D eigenvalue weighted by Crippen LogP contribution is 2.10. The van der Waals surface area contributed by atoms with Gasteiger partial charge in [-0.3, -0.25) is 9.59 Å². The number of ketones is 1. The molecule has 0 heterocycles. The second-order valence-electron chi connectivity index (χ2n) is 3.74. The summed E-state index contributed by atoms with van der Waals surface area (Å²) in [5.41, 5.74) is 1.64. The van der Waals surface area contributed by atoms with E-state index in [0.29, 0.717) is 18.5 Å². The van der Waals surface area contributed by atoms with E-state index in [1.54, 1.807) is 19.1 Å². The van der Waals surface area contributed by atoms with Crippen molar-refractivity contribution < 1.29 is 14.3 Å². The number of benzene rings is 1. The third kappa shape index (κ3) is 4.68. The first-order valence-corrected chi connectivity index (χ1v) is 5.55. The van der Waals surface area contributed by atoms with E-state index in [-0.39, 0.29) is 11.8 Å². The molecule has 0 spiro atoms. The lowest BCUT2D eigenvalue weighted by atomic mass is 10.1. The molecule has 0 unspecified atom stereocenters. The minimum atomic E-state index is -0.196. The van der Waals surface area contributed by atoms with E-state index in [9.17, 15) is 9.59 Å². The minimum Gasteiger partial charge on any atom is -0.469 e. The summed E-state index contributed by atoms with van der Waals surface area (Å²) in [5.74, 6) is -0.138. The van der Waals surface area contributed by atoms with Gasteiger partial charge in [0.1, 0.15) is 0 Å². The van der Waals surface area contributed by atoms with Gasteiger partial charge in [0, 0.05) is 24.2 Å². The third-order valence-electron chi connectivity index (χ3n) is 2.41. The molecule has 0 saturated heterocycles. The first-order valence-electron chi connectivity index (χ1n) is 5.55. The maximum Gasteiger partial charge on any atom is 0.305 e. The number of Topliss-reactive ketones (excluding diaryl/α,β-unsaturated/α-hetero) is 1. The molecule has 92 valence electrons. The zero-order valence-electron chi connectivity index (χ0n) is 10.2. The van der Waals surface area contributed by atoms with Gasteiger partial charge in [0.2, 0.25) is 0 Å². The number of carbonyl (C=O) groups is 2. The van der Waals surface area contributed by atoms with Gasteiger partial charge in [0.15, 0.2) is 5.78 Å². The summed E-state index contributed by atoms with van der Waals surface area (Å²) < 4.78 is 4.54. The molecule has 1 aromatic rings. The summed E-state index contributed by atoms with van der Waals surface area (Å²) in [4.78, 5) is 21.9. The second kappa shape index (κ2) is 6.68. The van der Waals surface area contributed by atoms with Crippen LogP contribution in [0.5, 0.6) is 0 Å². The zero-order valence-corrected chi connectivity index (χ0v) is 10.2. The Bertz CT molecular complexity index is 384. The summed E-state index contributed by atoms with van der Waals surface area (Å²) in [6.45, 7) is 2.24. The number of anilines is 1. The second-order valence-corrected chi connectivity index (χ2v) is 3.74. The summed E-state index contributed by atoms with van der Waals surface area (Å²) >= 11 is 0. The number of rotatable bonds is 6. The van der Waals surface area contributed by atoms with Crippen molar-refractivity contribution >= 4 is 17.4 Å². The number of hydrogen-bond donors (Lipinski definition) is 1. The average molecular weight is 235 g/mol. The minimum absolute atomic E-state index is 0.0576. The highest BCUT2D eigenvalue weighted by Gasteiger charge is 2.00. The molecule has 17 heavy (non-hydrogen) atoms. The van der Waals surface area contributed by atoms with Crippen molar-refractivity contribution in [2.45, 2.75) is 19.8 Å². The van der Waals surface area contributed by atoms with Gasteiger partial charge in [-0.2, -0.15) is 0 Å². The van der Waals surface area contributed by atoms with Crippen molar-refractivity contribution in [1.29, 1.82) is 0 Å². The summed E-state index contributed by atoms with van der Waals surface area (Å²) in [5, 5.41) is 3.17. The maximum absolute atomic E-state index is 11.1. The molecule has 1 N–H and O–H groups in total. The van der Waals surface area contributed by atoms with E-state index in [4.69, 9.17) is 0 Å². The van der Waals surface area contributed by atoms with Crippen LogP contribution in [0.3, 0.4) is 0 Å². The highest BCUT2D eigenvalue weighted by molar-refractivity contribution is 5.94. The molecule has 0 aliphatic heterocycles. The largest absolute Gasteiger partial charge is 0.469 e. The van der Waals surface area contributed by atoms with Gasteiger partial charge in [0.05, 0.1) is 7.11 Å². The summed E-state index contributed by atoms with van der Waals surface area (Å²) in [7, 11) is 1.39. The van der Waals surface area contributed by atoms with Crippen LogP contribution in [0, 0.1) is 0 Å². The molecule has 1 rings (SSSR count). The number of hydrogen-bond acceptors (Lipinski definition) is 4. The van der Waals surface area contributed by atoms with E-state index in [1.165, 1.54) is 7.11 Å². The zero-order chi connectivity index (χ0) is 12.7.